The molecule has 0 bridgehead atoms. The van der Waals surface area contributed by atoms with Gasteiger partial charge in [-0.05, 0) is 30.0 Å². The average molecular weight is 289 g/mol. The second-order valence-corrected chi connectivity index (χ2v) is 5.14. The van der Waals surface area contributed by atoms with Crippen molar-refractivity contribution in [3.8, 4) is 0 Å². The molecule has 3 rings (SSSR count). The second-order valence-electron chi connectivity index (χ2n) is 4.71. The molecule has 0 saturated heterocycles. The zero-order valence-corrected chi connectivity index (χ0v) is 11.3. The molecule has 1 fully saturated rings. The van der Waals surface area contributed by atoms with Crippen molar-refractivity contribution in [1.82, 2.24) is 15.4 Å². The number of anilines is 1. The minimum Gasteiger partial charge on any atom is -0.281 e. The molecule has 1 aromatic heterocycles. The summed E-state index contributed by atoms with van der Waals surface area (Å²) in [5.41, 5.74) is 6.55. The highest BCUT2D eigenvalue weighted by atomic mass is 35.5. The van der Waals surface area contributed by atoms with Gasteiger partial charge in [-0.15, -0.1) is 0 Å². The molecular formula is C14H13ClN4O. The zero-order chi connectivity index (χ0) is 13.9. The summed E-state index contributed by atoms with van der Waals surface area (Å²) in [7, 11) is 0. The van der Waals surface area contributed by atoms with Crippen LogP contribution in [0.15, 0.2) is 42.9 Å². The molecule has 6 heteroatoms. The van der Waals surface area contributed by atoms with Crippen LogP contribution in [0.1, 0.15) is 17.9 Å². The molecule has 2 N–H and O–H groups in total. The minimum atomic E-state index is -0.0318. The number of amides is 1. The van der Waals surface area contributed by atoms with Crippen LogP contribution in [0.2, 0.25) is 5.02 Å². The number of rotatable bonds is 4. The van der Waals surface area contributed by atoms with E-state index in [1.807, 2.05) is 24.3 Å². The Kier molecular flexibility index (Phi) is 3.52. The molecule has 102 valence electrons. The highest BCUT2D eigenvalue weighted by Gasteiger charge is 2.43. The van der Waals surface area contributed by atoms with Crippen molar-refractivity contribution in [3.63, 3.8) is 0 Å². The summed E-state index contributed by atoms with van der Waals surface area (Å²) >= 11 is 5.85. The minimum absolute atomic E-state index is 0.000321. The van der Waals surface area contributed by atoms with E-state index in [2.05, 4.69) is 20.8 Å². The lowest BCUT2D eigenvalue weighted by Gasteiger charge is -2.06. The number of hydrogen-bond donors (Lipinski definition) is 2. The Labute approximate surface area is 121 Å². The normalized spacial score (nSPS) is 20.2. The van der Waals surface area contributed by atoms with Crippen LogP contribution in [-0.4, -0.2) is 15.9 Å². The molecule has 2 atom stereocenters. The Bertz CT molecular complexity index is 602. The summed E-state index contributed by atoms with van der Waals surface area (Å²) < 4.78 is 0. The van der Waals surface area contributed by atoms with Crippen LogP contribution in [0.4, 0.5) is 5.82 Å². The maximum absolute atomic E-state index is 12.0. The molecule has 0 spiro atoms. The number of carbonyl (C=O) groups is 1. The number of hydrazine groups is 1. The number of hydrogen-bond acceptors (Lipinski definition) is 4. The monoisotopic (exact) mass is 288 g/mol. The molecule has 5 nitrogen and oxygen atoms in total. The van der Waals surface area contributed by atoms with Gasteiger partial charge in [-0.3, -0.25) is 20.6 Å². The van der Waals surface area contributed by atoms with E-state index in [4.69, 9.17) is 11.6 Å². The molecule has 1 aromatic carbocycles. The van der Waals surface area contributed by atoms with E-state index in [0.29, 0.717) is 10.8 Å². The Hall–Kier alpha value is -2.14. The van der Waals surface area contributed by atoms with E-state index >= 15 is 0 Å². The van der Waals surface area contributed by atoms with Gasteiger partial charge in [0.05, 0.1) is 6.20 Å². The maximum atomic E-state index is 12.0. The van der Waals surface area contributed by atoms with Gasteiger partial charge >= 0.3 is 0 Å². The molecule has 1 saturated carbocycles. The second kappa shape index (κ2) is 5.46. The number of nitrogens with one attached hydrogen (secondary N) is 2. The smallest absolute Gasteiger partial charge is 0.242 e. The highest BCUT2D eigenvalue weighted by molar-refractivity contribution is 6.30. The first-order valence-electron chi connectivity index (χ1n) is 6.31. The van der Waals surface area contributed by atoms with E-state index in [-0.39, 0.29) is 17.7 Å². The van der Waals surface area contributed by atoms with Gasteiger partial charge in [-0.1, -0.05) is 23.7 Å². The summed E-state index contributed by atoms with van der Waals surface area (Å²) in [5, 5.41) is 0.708. The summed E-state index contributed by atoms with van der Waals surface area (Å²) in [4.78, 5) is 19.9. The van der Waals surface area contributed by atoms with E-state index in [9.17, 15) is 4.79 Å². The highest BCUT2D eigenvalue weighted by Crippen LogP contribution is 2.47. The van der Waals surface area contributed by atoms with Crippen LogP contribution >= 0.6 is 11.6 Å². The molecule has 1 amide bonds. The van der Waals surface area contributed by atoms with Crippen molar-refractivity contribution in [1.29, 1.82) is 0 Å². The van der Waals surface area contributed by atoms with E-state index in [0.717, 1.165) is 12.0 Å². The van der Waals surface area contributed by atoms with Gasteiger partial charge in [-0.2, -0.15) is 0 Å². The quantitative estimate of drug-likeness (QED) is 0.848. The first kappa shape index (κ1) is 12.9. The van der Waals surface area contributed by atoms with Crippen molar-refractivity contribution < 1.29 is 4.79 Å². The lowest BCUT2D eigenvalue weighted by atomic mass is 10.1. The fourth-order valence-corrected chi connectivity index (χ4v) is 2.27. The lowest BCUT2D eigenvalue weighted by molar-refractivity contribution is -0.121. The molecule has 0 aliphatic heterocycles. The average Bonchev–Trinajstić information content (AvgIpc) is 3.27. The molecule has 0 radical (unpaired) electrons. The van der Waals surface area contributed by atoms with Gasteiger partial charge in [0, 0.05) is 23.3 Å². The molecule has 1 aliphatic rings. The first-order valence-corrected chi connectivity index (χ1v) is 6.69. The van der Waals surface area contributed by atoms with Crippen molar-refractivity contribution >= 4 is 23.3 Å². The number of halogens is 1. The fraction of sp³-hybridized carbons (Fsp3) is 0.214. The van der Waals surface area contributed by atoms with Gasteiger partial charge in [0.25, 0.3) is 0 Å². The van der Waals surface area contributed by atoms with Gasteiger partial charge in [-0.25, -0.2) is 4.98 Å². The topological polar surface area (TPSA) is 66.9 Å². The molecular weight excluding hydrogens is 276 g/mol. The van der Waals surface area contributed by atoms with E-state index in [1.165, 1.54) is 0 Å². The predicted molar refractivity (Wildman–Crippen MR) is 76.1 cm³/mol. The third-order valence-corrected chi connectivity index (χ3v) is 3.55. The molecule has 1 heterocycles. The van der Waals surface area contributed by atoms with E-state index in [1.54, 1.807) is 18.6 Å². The van der Waals surface area contributed by atoms with Gasteiger partial charge in [0.1, 0.15) is 0 Å². The van der Waals surface area contributed by atoms with Crippen LogP contribution in [0.25, 0.3) is 0 Å². The van der Waals surface area contributed by atoms with Crippen molar-refractivity contribution in [2.45, 2.75) is 12.3 Å². The third kappa shape index (κ3) is 2.88. The number of carbonyl (C=O) groups excluding carboxylic acids is 1. The molecule has 0 unspecified atom stereocenters. The number of benzene rings is 1. The summed E-state index contributed by atoms with van der Waals surface area (Å²) in [6.45, 7) is 0. The molecule has 2 aromatic rings. The standard InChI is InChI=1S/C14H13ClN4O/c15-10-3-1-9(2-4-10)11-7-12(11)14(20)19-18-13-8-16-5-6-17-13/h1-6,8,11-12H,7H2,(H,17,18)(H,19,20)/t11-,12+/m0/s1. The van der Waals surface area contributed by atoms with Gasteiger partial charge in [0.2, 0.25) is 5.91 Å². The first-order chi connectivity index (χ1) is 9.74. The zero-order valence-electron chi connectivity index (χ0n) is 10.6. The van der Waals surface area contributed by atoms with E-state index < -0.39 is 0 Å². The van der Waals surface area contributed by atoms with Crippen LogP contribution < -0.4 is 10.9 Å². The van der Waals surface area contributed by atoms with Crippen LogP contribution in [0, 0.1) is 5.92 Å². The van der Waals surface area contributed by atoms with Crippen LogP contribution in [0.5, 0.6) is 0 Å². The summed E-state index contributed by atoms with van der Waals surface area (Å²) in [6, 6.07) is 7.64. The largest absolute Gasteiger partial charge is 0.281 e. The lowest BCUT2D eigenvalue weighted by Crippen LogP contribution is -2.31. The predicted octanol–water partition coefficient (Wildman–Crippen LogP) is 2.38. The molecule has 1 aliphatic carbocycles. The summed E-state index contributed by atoms with van der Waals surface area (Å²) in [6.07, 6.45) is 5.53. The number of aromatic nitrogens is 2. The van der Waals surface area contributed by atoms with Gasteiger partial charge < -0.3 is 0 Å². The Morgan fingerprint density at radius 2 is 2.05 bits per heavy atom. The van der Waals surface area contributed by atoms with Gasteiger partial charge in [0.15, 0.2) is 5.82 Å². The maximum Gasteiger partial charge on any atom is 0.242 e. The van der Waals surface area contributed by atoms with Crippen LogP contribution in [-0.2, 0) is 4.79 Å². The van der Waals surface area contributed by atoms with Crippen LogP contribution in [0.3, 0.4) is 0 Å². The molecule has 20 heavy (non-hydrogen) atoms. The van der Waals surface area contributed by atoms with Crippen molar-refractivity contribution in [2.75, 3.05) is 5.43 Å². The number of nitrogens with zero attached hydrogens (tertiary/aromatic N) is 2. The SMILES string of the molecule is O=C(NNc1cnccn1)[C@@H]1C[C@H]1c1ccc(Cl)cc1. The Morgan fingerprint density at radius 1 is 1.25 bits per heavy atom. The fourth-order valence-electron chi connectivity index (χ4n) is 2.15. The Morgan fingerprint density at radius 3 is 2.75 bits per heavy atom. The Balaban J connectivity index is 1.54. The summed E-state index contributed by atoms with van der Waals surface area (Å²) in [5.74, 6) is 0.761. The van der Waals surface area contributed by atoms with Crippen molar-refractivity contribution in [2.24, 2.45) is 5.92 Å². The van der Waals surface area contributed by atoms with Crippen molar-refractivity contribution in [3.05, 3.63) is 53.4 Å². The third-order valence-electron chi connectivity index (χ3n) is 3.30.